The van der Waals surface area contributed by atoms with Crippen molar-refractivity contribution in [2.24, 2.45) is 0 Å². The minimum absolute atomic E-state index is 0.0949. The third kappa shape index (κ3) is 0.937. The maximum Gasteiger partial charge on any atom is 0.340 e. The van der Waals surface area contributed by atoms with E-state index >= 15 is 0 Å². The second-order valence-corrected chi connectivity index (χ2v) is 1.60. The molecule has 0 amide bonds. The average Bonchev–Trinajstić information content (AvgIpc) is 2.10. The van der Waals surface area contributed by atoms with Gasteiger partial charge in [-0.25, -0.2) is 4.79 Å². The van der Waals surface area contributed by atoms with Crippen molar-refractivity contribution in [1.29, 1.82) is 0 Å². The lowest BCUT2D eigenvalue weighted by Gasteiger charge is -1.92. The van der Waals surface area contributed by atoms with Crippen LogP contribution in [0.5, 0.6) is 0 Å². The van der Waals surface area contributed by atoms with Gasteiger partial charge in [-0.3, -0.25) is 0 Å². The molecule has 48 valence electrons. The van der Waals surface area contributed by atoms with Crippen LogP contribution in [0.2, 0.25) is 0 Å². The van der Waals surface area contributed by atoms with Gasteiger partial charge in [0.1, 0.15) is 0 Å². The van der Waals surface area contributed by atoms with Gasteiger partial charge in [-0.2, -0.15) is 0 Å². The lowest BCUT2D eigenvalue weighted by atomic mass is 10.4. The van der Waals surface area contributed by atoms with Gasteiger partial charge in [0.15, 0.2) is 11.5 Å². The number of carbonyl (C=O) groups excluding carboxylic acids is 1. The van der Waals surface area contributed by atoms with Crippen molar-refractivity contribution < 1.29 is 14.6 Å². The number of esters is 1. The summed E-state index contributed by atoms with van der Waals surface area (Å²) in [6.45, 7) is 1.68. The summed E-state index contributed by atoms with van der Waals surface area (Å²) in [6.07, 6.45) is 2.56. The van der Waals surface area contributed by atoms with Crippen LogP contribution in [-0.2, 0) is 9.53 Å². The van der Waals surface area contributed by atoms with Gasteiger partial charge in [-0.15, -0.1) is 0 Å². The molecule has 0 spiro atoms. The molecule has 0 fully saturated rings. The summed E-state index contributed by atoms with van der Waals surface area (Å²) in [6, 6.07) is 0. The zero-order valence-electron chi connectivity index (χ0n) is 4.92. The van der Waals surface area contributed by atoms with Crippen LogP contribution in [0.15, 0.2) is 23.7 Å². The van der Waals surface area contributed by atoms with Gasteiger partial charge in [0, 0.05) is 0 Å². The molecule has 0 aliphatic carbocycles. The summed E-state index contributed by atoms with van der Waals surface area (Å²) >= 11 is 0. The van der Waals surface area contributed by atoms with E-state index in [1.165, 1.54) is 6.08 Å². The van der Waals surface area contributed by atoms with E-state index in [1.54, 1.807) is 6.92 Å². The lowest BCUT2D eigenvalue weighted by Crippen LogP contribution is -1.89. The molecular formula is C6H6O3. The van der Waals surface area contributed by atoms with Gasteiger partial charge >= 0.3 is 5.97 Å². The molecule has 3 nitrogen and oxygen atoms in total. The molecular weight excluding hydrogens is 120 g/mol. The highest BCUT2D eigenvalue weighted by molar-refractivity contribution is 5.87. The number of carbonyl (C=O) groups is 1. The number of hydrogen-bond acceptors (Lipinski definition) is 3. The second-order valence-electron chi connectivity index (χ2n) is 1.60. The van der Waals surface area contributed by atoms with Crippen molar-refractivity contribution in [3.63, 3.8) is 0 Å². The van der Waals surface area contributed by atoms with Crippen molar-refractivity contribution in [1.82, 2.24) is 0 Å². The largest absolute Gasteiger partial charge is 0.504 e. The van der Waals surface area contributed by atoms with Gasteiger partial charge in [0.2, 0.25) is 0 Å². The number of aliphatic hydroxyl groups excluding tert-OH is 1. The number of ether oxygens (including phenoxy) is 1. The summed E-state index contributed by atoms with van der Waals surface area (Å²) in [7, 11) is 0. The molecule has 0 radical (unpaired) electrons. The van der Waals surface area contributed by atoms with E-state index in [1.807, 2.05) is 0 Å². The second kappa shape index (κ2) is 1.93. The minimum atomic E-state index is -0.513. The molecule has 1 rings (SSSR count). The average molecular weight is 126 g/mol. The number of hydrogen-bond donors (Lipinski definition) is 1. The van der Waals surface area contributed by atoms with E-state index < -0.39 is 5.97 Å². The molecule has 1 N–H and O–H groups in total. The van der Waals surface area contributed by atoms with Crippen molar-refractivity contribution in [3.8, 4) is 0 Å². The summed E-state index contributed by atoms with van der Waals surface area (Å²) < 4.78 is 4.50. The van der Waals surface area contributed by atoms with E-state index in [9.17, 15) is 4.79 Å². The van der Waals surface area contributed by atoms with E-state index in [4.69, 9.17) is 5.11 Å². The van der Waals surface area contributed by atoms with Gasteiger partial charge in [-0.1, -0.05) is 0 Å². The van der Waals surface area contributed by atoms with E-state index in [0.29, 0.717) is 0 Å². The van der Waals surface area contributed by atoms with Crippen molar-refractivity contribution >= 4 is 5.97 Å². The molecule has 1 aliphatic rings. The minimum Gasteiger partial charge on any atom is -0.504 e. The molecule has 0 unspecified atom stereocenters. The zero-order valence-corrected chi connectivity index (χ0v) is 4.92. The topological polar surface area (TPSA) is 46.5 Å². The van der Waals surface area contributed by atoms with Crippen molar-refractivity contribution in [2.75, 3.05) is 0 Å². The van der Waals surface area contributed by atoms with Gasteiger partial charge in [0.25, 0.3) is 0 Å². The van der Waals surface area contributed by atoms with E-state index in [-0.39, 0.29) is 11.5 Å². The van der Waals surface area contributed by atoms with Crippen molar-refractivity contribution in [3.05, 3.63) is 23.7 Å². The number of aliphatic hydroxyl groups is 1. The Hall–Kier alpha value is -1.25. The Morgan fingerprint density at radius 2 is 2.44 bits per heavy atom. The molecule has 9 heavy (non-hydrogen) atoms. The number of allylic oxidation sites excluding steroid dienone is 1. The Morgan fingerprint density at radius 3 is 2.67 bits per heavy atom. The fourth-order valence-electron chi connectivity index (χ4n) is 0.580. The predicted molar refractivity (Wildman–Crippen MR) is 30.6 cm³/mol. The molecule has 1 aliphatic heterocycles. The molecule has 0 bridgehead atoms. The Morgan fingerprint density at radius 1 is 1.78 bits per heavy atom. The maximum absolute atomic E-state index is 10.3. The lowest BCUT2D eigenvalue weighted by molar-refractivity contribution is -0.132. The first-order valence-electron chi connectivity index (χ1n) is 2.53. The highest BCUT2D eigenvalue weighted by Gasteiger charge is 2.17. The van der Waals surface area contributed by atoms with Gasteiger partial charge < -0.3 is 9.84 Å². The SMILES string of the molecule is CC=C1OC(=O)C=C1O. The molecule has 0 saturated heterocycles. The van der Waals surface area contributed by atoms with Crippen LogP contribution in [-0.4, -0.2) is 11.1 Å². The van der Waals surface area contributed by atoms with Crippen LogP contribution in [0.3, 0.4) is 0 Å². The zero-order chi connectivity index (χ0) is 6.85. The van der Waals surface area contributed by atoms with Crippen LogP contribution in [0.4, 0.5) is 0 Å². The van der Waals surface area contributed by atoms with Gasteiger partial charge in [0.05, 0.1) is 6.08 Å². The Kier molecular flexibility index (Phi) is 1.26. The third-order valence-electron chi connectivity index (χ3n) is 0.980. The summed E-state index contributed by atoms with van der Waals surface area (Å²) in [4.78, 5) is 10.3. The van der Waals surface area contributed by atoms with E-state index in [0.717, 1.165) is 6.08 Å². The fraction of sp³-hybridized carbons (Fsp3) is 0.167. The van der Waals surface area contributed by atoms with Crippen LogP contribution in [0, 0.1) is 0 Å². The highest BCUT2D eigenvalue weighted by Crippen LogP contribution is 2.15. The number of rotatable bonds is 0. The maximum atomic E-state index is 10.3. The van der Waals surface area contributed by atoms with Crippen LogP contribution < -0.4 is 0 Å². The number of cyclic esters (lactones) is 1. The monoisotopic (exact) mass is 126 g/mol. The first-order chi connectivity index (χ1) is 4.24. The first kappa shape index (κ1) is 5.88. The van der Waals surface area contributed by atoms with Crippen LogP contribution in [0.1, 0.15) is 6.92 Å². The third-order valence-corrected chi connectivity index (χ3v) is 0.980. The standard InChI is InChI=1S/C6H6O3/c1-2-5-4(7)3-6(8)9-5/h2-3,7H,1H3. The summed E-state index contributed by atoms with van der Waals surface area (Å²) in [5, 5.41) is 8.81. The molecule has 0 atom stereocenters. The first-order valence-corrected chi connectivity index (χ1v) is 2.53. The molecule has 0 aromatic heterocycles. The van der Waals surface area contributed by atoms with Gasteiger partial charge in [-0.05, 0) is 13.0 Å². The molecule has 1 heterocycles. The normalized spacial score (nSPS) is 22.1. The molecule has 3 heteroatoms. The fourth-order valence-corrected chi connectivity index (χ4v) is 0.580. The Balaban J connectivity index is 2.89. The predicted octanol–water partition coefficient (Wildman–Crippen LogP) is 0.889. The van der Waals surface area contributed by atoms with Crippen LogP contribution >= 0.6 is 0 Å². The summed E-state index contributed by atoms with van der Waals surface area (Å²) in [5.41, 5.74) is 0. The molecule has 0 aromatic carbocycles. The van der Waals surface area contributed by atoms with Crippen LogP contribution in [0.25, 0.3) is 0 Å². The molecule has 0 aromatic rings. The summed E-state index contributed by atoms with van der Waals surface area (Å²) in [5.74, 6) is -0.372. The highest BCUT2D eigenvalue weighted by atomic mass is 16.6. The smallest absolute Gasteiger partial charge is 0.340 e. The quantitative estimate of drug-likeness (QED) is 0.490. The Labute approximate surface area is 52.2 Å². The molecule has 0 saturated carbocycles. The van der Waals surface area contributed by atoms with Crippen molar-refractivity contribution in [2.45, 2.75) is 6.92 Å². The van der Waals surface area contributed by atoms with E-state index in [2.05, 4.69) is 4.74 Å². The Bertz CT molecular complexity index is 200.